The molecule has 0 N–H and O–H groups in total. The maximum absolute atomic E-state index is 6.72. The molecule has 0 atom stereocenters. The summed E-state index contributed by atoms with van der Waals surface area (Å²) in [6.45, 7) is 0. The molecule has 4 heteroatoms. The molecule has 3 nitrogen and oxygen atoms in total. The molecule has 0 heterocycles. The Morgan fingerprint density at radius 2 is 0.931 bits per heavy atom. The highest BCUT2D eigenvalue weighted by Gasteiger charge is 2.21. The van der Waals surface area contributed by atoms with E-state index < -0.39 is 0 Å². The Balaban J connectivity index is 2.15. The van der Waals surface area contributed by atoms with Gasteiger partial charge >= 0.3 is 0 Å². The topological polar surface area (TPSA) is 9.72 Å². The van der Waals surface area contributed by atoms with Crippen molar-refractivity contribution in [2.75, 3.05) is 57.0 Å². The summed E-state index contributed by atoms with van der Waals surface area (Å²) in [5.74, 6) is 0.0647. The molecular formula is C25H30ClN3. The van der Waals surface area contributed by atoms with Gasteiger partial charge in [-0.3, -0.25) is 0 Å². The van der Waals surface area contributed by atoms with E-state index in [2.05, 4.69) is 118 Å². The predicted molar refractivity (Wildman–Crippen MR) is 128 cm³/mol. The fourth-order valence-electron chi connectivity index (χ4n) is 3.51. The largest absolute Gasteiger partial charge is 0.378 e. The smallest absolute Gasteiger partial charge is 0.0449 e. The van der Waals surface area contributed by atoms with Crippen molar-refractivity contribution in [1.29, 1.82) is 0 Å². The molecule has 3 aromatic rings. The van der Waals surface area contributed by atoms with Crippen molar-refractivity contribution < 1.29 is 0 Å². The molecule has 0 bridgehead atoms. The Labute approximate surface area is 180 Å². The van der Waals surface area contributed by atoms with Gasteiger partial charge in [-0.15, -0.1) is 0 Å². The van der Waals surface area contributed by atoms with Gasteiger partial charge < -0.3 is 14.7 Å². The summed E-state index contributed by atoms with van der Waals surface area (Å²) in [6.07, 6.45) is 0. The summed E-state index contributed by atoms with van der Waals surface area (Å²) in [5, 5.41) is 0.786. The second kappa shape index (κ2) is 8.79. The molecule has 0 aliphatic heterocycles. The second-order valence-corrected chi connectivity index (χ2v) is 8.41. The van der Waals surface area contributed by atoms with Gasteiger partial charge in [-0.05, 0) is 59.2 Å². The van der Waals surface area contributed by atoms with Crippen molar-refractivity contribution >= 4 is 28.7 Å². The van der Waals surface area contributed by atoms with Crippen LogP contribution in [0.1, 0.15) is 22.6 Å². The normalized spacial score (nSPS) is 10.9. The first-order chi connectivity index (χ1) is 13.8. The molecular weight excluding hydrogens is 378 g/mol. The van der Waals surface area contributed by atoms with E-state index in [1.165, 1.54) is 22.5 Å². The molecule has 29 heavy (non-hydrogen) atoms. The molecule has 152 valence electrons. The van der Waals surface area contributed by atoms with Crippen LogP contribution in [0.25, 0.3) is 0 Å². The molecule has 3 rings (SSSR count). The first kappa shape index (κ1) is 21.1. The van der Waals surface area contributed by atoms with Gasteiger partial charge in [-0.2, -0.15) is 0 Å². The minimum atomic E-state index is 0.0647. The van der Waals surface area contributed by atoms with Crippen molar-refractivity contribution in [1.82, 2.24) is 0 Å². The first-order valence-electron chi connectivity index (χ1n) is 9.79. The molecule has 0 aliphatic rings. The lowest BCUT2D eigenvalue weighted by Crippen LogP contribution is -2.12. The third-order valence-corrected chi connectivity index (χ3v) is 5.64. The number of halogens is 1. The number of benzene rings is 3. The van der Waals surface area contributed by atoms with Crippen LogP contribution in [0.5, 0.6) is 0 Å². The van der Waals surface area contributed by atoms with Gasteiger partial charge in [-0.1, -0.05) is 35.9 Å². The second-order valence-electron chi connectivity index (χ2n) is 8.01. The van der Waals surface area contributed by atoms with Crippen LogP contribution in [0, 0.1) is 0 Å². The third kappa shape index (κ3) is 4.68. The molecule has 0 unspecified atom stereocenters. The lowest BCUT2D eigenvalue weighted by Gasteiger charge is -2.24. The van der Waals surface area contributed by atoms with Crippen LogP contribution in [0.15, 0.2) is 66.7 Å². The molecule has 0 radical (unpaired) electrons. The average Bonchev–Trinajstić information content (AvgIpc) is 2.70. The number of nitrogens with zero attached hydrogens (tertiary/aromatic N) is 3. The molecule has 0 spiro atoms. The van der Waals surface area contributed by atoms with E-state index in [1.807, 2.05) is 6.07 Å². The van der Waals surface area contributed by atoms with Crippen LogP contribution in [0.3, 0.4) is 0 Å². The number of hydrogen-bond acceptors (Lipinski definition) is 3. The van der Waals surface area contributed by atoms with Crippen molar-refractivity contribution in [3.8, 4) is 0 Å². The Morgan fingerprint density at radius 1 is 0.552 bits per heavy atom. The zero-order valence-corrected chi connectivity index (χ0v) is 18.9. The van der Waals surface area contributed by atoms with E-state index >= 15 is 0 Å². The minimum Gasteiger partial charge on any atom is -0.378 e. The third-order valence-electron chi connectivity index (χ3n) is 5.29. The number of rotatable bonds is 6. The van der Waals surface area contributed by atoms with E-state index in [0.29, 0.717) is 0 Å². The highest BCUT2D eigenvalue weighted by molar-refractivity contribution is 6.31. The summed E-state index contributed by atoms with van der Waals surface area (Å²) in [5.41, 5.74) is 7.08. The van der Waals surface area contributed by atoms with Crippen LogP contribution in [0.2, 0.25) is 5.02 Å². The van der Waals surface area contributed by atoms with Crippen molar-refractivity contribution in [3.05, 3.63) is 88.4 Å². The lowest BCUT2D eigenvalue weighted by molar-refractivity contribution is 0.969. The van der Waals surface area contributed by atoms with E-state index in [1.54, 1.807) is 0 Å². The summed E-state index contributed by atoms with van der Waals surface area (Å²) in [4.78, 5) is 6.34. The van der Waals surface area contributed by atoms with Crippen molar-refractivity contribution in [2.45, 2.75) is 5.92 Å². The van der Waals surface area contributed by atoms with Gasteiger partial charge in [0.25, 0.3) is 0 Å². The molecule has 3 aromatic carbocycles. The molecule has 0 amide bonds. The Kier molecular flexibility index (Phi) is 6.39. The number of anilines is 3. The molecule has 0 fully saturated rings. The maximum Gasteiger partial charge on any atom is 0.0449 e. The van der Waals surface area contributed by atoms with Gasteiger partial charge in [0.2, 0.25) is 0 Å². The van der Waals surface area contributed by atoms with Crippen LogP contribution in [-0.4, -0.2) is 42.3 Å². The predicted octanol–water partition coefficient (Wildman–Crippen LogP) is 5.72. The summed E-state index contributed by atoms with van der Waals surface area (Å²) >= 11 is 6.72. The van der Waals surface area contributed by atoms with E-state index in [-0.39, 0.29) is 5.92 Å². The lowest BCUT2D eigenvalue weighted by atomic mass is 9.84. The molecule has 0 saturated carbocycles. The minimum absolute atomic E-state index is 0.0647. The van der Waals surface area contributed by atoms with Gasteiger partial charge in [0, 0.05) is 70.3 Å². The van der Waals surface area contributed by atoms with E-state index in [0.717, 1.165) is 16.3 Å². The first-order valence-corrected chi connectivity index (χ1v) is 10.2. The quantitative estimate of drug-likeness (QED) is 0.484. The van der Waals surface area contributed by atoms with Gasteiger partial charge in [0.05, 0.1) is 0 Å². The fraction of sp³-hybridized carbons (Fsp3) is 0.280. The SMILES string of the molecule is CN(C)c1ccc(C(c2ccc(N(C)C)cc2)c2cc(N(C)C)ccc2Cl)cc1. The van der Waals surface area contributed by atoms with E-state index in [4.69, 9.17) is 11.6 Å². The van der Waals surface area contributed by atoms with Crippen LogP contribution >= 0.6 is 11.6 Å². The highest BCUT2D eigenvalue weighted by atomic mass is 35.5. The molecule has 0 saturated heterocycles. The van der Waals surface area contributed by atoms with Gasteiger partial charge in [-0.25, -0.2) is 0 Å². The molecule has 0 aromatic heterocycles. The fourth-order valence-corrected chi connectivity index (χ4v) is 3.74. The zero-order valence-electron chi connectivity index (χ0n) is 18.1. The monoisotopic (exact) mass is 407 g/mol. The maximum atomic E-state index is 6.72. The summed E-state index contributed by atoms with van der Waals surface area (Å²) < 4.78 is 0. The molecule has 0 aliphatic carbocycles. The zero-order chi connectivity index (χ0) is 21.1. The Morgan fingerprint density at radius 3 is 1.31 bits per heavy atom. The average molecular weight is 408 g/mol. The highest BCUT2D eigenvalue weighted by Crippen LogP contribution is 2.38. The van der Waals surface area contributed by atoms with Gasteiger partial charge in [0.15, 0.2) is 0 Å². The standard InChI is InChI=1S/C25H30ClN3/c1-27(2)20-11-7-18(8-12-20)25(19-9-13-21(14-10-19)28(3)4)23-17-22(29(5)6)15-16-24(23)26/h7-17,25H,1-6H3. The summed E-state index contributed by atoms with van der Waals surface area (Å²) in [7, 11) is 12.3. The van der Waals surface area contributed by atoms with Crippen LogP contribution in [0.4, 0.5) is 17.1 Å². The Hall–Kier alpha value is -2.65. The summed E-state index contributed by atoms with van der Waals surface area (Å²) in [6, 6.07) is 23.8. The Bertz CT molecular complexity index is 893. The van der Waals surface area contributed by atoms with E-state index in [9.17, 15) is 0 Å². The number of hydrogen-bond donors (Lipinski definition) is 0. The van der Waals surface area contributed by atoms with Gasteiger partial charge in [0.1, 0.15) is 0 Å². The van der Waals surface area contributed by atoms with Crippen LogP contribution in [-0.2, 0) is 0 Å². The van der Waals surface area contributed by atoms with Crippen LogP contribution < -0.4 is 14.7 Å². The van der Waals surface area contributed by atoms with Crippen molar-refractivity contribution in [3.63, 3.8) is 0 Å². The van der Waals surface area contributed by atoms with Crippen molar-refractivity contribution in [2.24, 2.45) is 0 Å².